The molecule has 0 fully saturated rings. The molecule has 0 bridgehead atoms. The van der Waals surface area contributed by atoms with Crippen LogP contribution in [-0.4, -0.2) is 19.3 Å². The predicted octanol–water partition coefficient (Wildman–Crippen LogP) is 5.52. The summed E-state index contributed by atoms with van der Waals surface area (Å²) >= 11 is 0. The van der Waals surface area contributed by atoms with Crippen LogP contribution in [0.25, 0.3) is 0 Å². The highest BCUT2D eigenvalue weighted by Gasteiger charge is 2.29. The number of rotatable bonds is 9. The molecule has 0 aliphatic heterocycles. The minimum Gasteiger partial charge on any atom is -0.308 e. The van der Waals surface area contributed by atoms with Crippen molar-refractivity contribution in [3.63, 3.8) is 0 Å². The molecular formula is C31H31N3O3S. The van der Waals surface area contributed by atoms with E-state index in [0.29, 0.717) is 25.8 Å². The number of nitrogens with one attached hydrogen (secondary N) is 1. The van der Waals surface area contributed by atoms with Crippen LogP contribution >= 0.6 is 0 Å². The first-order chi connectivity index (χ1) is 18.4. The Kier molecular flexibility index (Phi) is 7.67. The summed E-state index contributed by atoms with van der Waals surface area (Å²) in [6.07, 6.45) is 5.95. The van der Waals surface area contributed by atoms with Crippen molar-refractivity contribution in [1.82, 2.24) is 9.71 Å². The zero-order valence-corrected chi connectivity index (χ0v) is 22.2. The molecule has 1 heterocycles. The maximum atomic E-state index is 13.5. The molecule has 1 aliphatic carbocycles. The Labute approximate surface area is 224 Å². The van der Waals surface area contributed by atoms with Crippen LogP contribution in [0.1, 0.15) is 46.7 Å². The lowest BCUT2D eigenvalue weighted by Crippen LogP contribution is -2.31. The molecule has 5 rings (SSSR count). The molecule has 1 unspecified atom stereocenters. The van der Waals surface area contributed by atoms with Gasteiger partial charge >= 0.3 is 0 Å². The second-order valence-electron chi connectivity index (χ2n) is 9.74. The number of sulfonamides is 1. The highest BCUT2D eigenvalue weighted by molar-refractivity contribution is 7.89. The molecule has 0 spiro atoms. The maximum absolute atomic E-state index is 13.5. The first-order valence-corrected chi connectivity index (χ1v) is 14.3. The lowest BCUT2D eigenvalue weighted by Gasteiger charge is -2.25. The molecule has 1 aromatic heterocycles. The topological polar surface area (TPSA) is 79.4 Å². The van der Waals surface area contributed by atoms with Crippen LogP contribution in [0.3, 0.4) is 0 Å². The molecule has 1 aliphatic rings. The minimum absolute atomic E-state index is 0.00699. The van der Waals surface area contributed by atoms with Crippen LogP contribution in [0.5, 0.6) is 0 Å². The van der Waals surface area contributed by atoms with Gasteiger partial charge in [-0.1, -0.05) is 54.6 Å². The van der Waals surface area contributed by atoms with Gasteiger partial charge in [-0.15, -0.1) is 0 Å². The van der Waals surface area contributed by atoms with E-state index in [9.17, 15) is 13.2 Å². The van der Waals surface area contributed by atoms with Gasteiger partial charge in [0.05, 0.1) is 11.4 Å². The highest BCUT2D eigenvalue weighted by atomic mass is 32.2. The van der Waals surface area contributed by atoms with Gasteiger partial charge in [0.15, 0.2) is 0 Å². The Balaban J connectivity index is 1.41. The average Bonchev–Trinajstić information content (AvgIpc) is 3.32. The number of anilines is 1. The molecule has 1 atom stereocenters. The van der Waals surface area contributed by atoms with E-state index >= 15 is 0 Å². The molecule has 6 nitrogen and oxygen atoms in total. The van der Waals surface area contributed by atoms with Gasteiger partial charge in [-0.3, -0.25) is 9.78 Å². The largest absolute Gasteiger partial charge is 0.308 e. The third-order valence-corrected chi connectivity index (χ3v) is 8.42. The van der Waals surface area contributed by atoms with Crippen molar-refractivity contribution in [2.24, 2.45) is 0 Å². The number of aromatic nitrogens is 1. The van der Waals surface area contributed by atoms with E-state index in [0.717, 1.165) is 39.9 Å². The summed E-state index contributed by atoms with van der Waals surface area (Å²) in [7, 11) is -3.68. The molecule has 3 aromatic carbocycles. The van der Waals surface area contributed by atoms with Crippen molar-refractivity contribution in [2.75, 3.05) is 4.90 Å². The average molecular weight is 526 g/mol. The minimum atomic E-state index is -3.68. The summed E-state index contributed by atoms with van der Waals surface area (Å²) in [6, 6.07) is 26.3. The third-order valence-electron chi connectivity index (χ3n) is 6.95. The summed E-state index contributed by atoms with van der Waals surface area (Å²) < 4.78 is 29.2. The number of carbonyl (C=O) groups is 1. The molecular weight excluding hydrogens is 494 g/mol. The summed E-state index contributed by atoms with van der Waals surface area (Å²) in [5.41, 5.74) is 5.71. The molecule has 1 amide bonds. The van der Waals surface area contributed by atoms with Crippen LogP contribution in [0.15, 0.2) is 102 Å². The number of aryl methyl sites for hydroxylation is 3. The lowest BCUT2D eigenvalue weighted by molar-refractivity contribution is -0.118. The molecule has 0 saturated heterocycles. The normalized spacial score (nSPS) is 14.7. The Morgan fingerprint density at radius 2 is 1.79 bits per heavy atom. The van der Waals surface area contributed by atoms with E-state index in [1.165, 1.54) is 0 Å². The fourth-order valence-electron chi connectivity index (χ4n) is 4.95. The Morgan fingerprint density at radius 1 is 0.974 bits per heavy atom. The third kappa shape index (κ3) is 6.01. The first-order valence-electron chi connectivity index (χ1n) is 12.8. The fourth-order valence-corrected chi connectivity index (χ4v) is 6.30. The van der Waals surface area contributed by atoms with Crippen LogP contribution in [0.2, 0.25) is 0 Å². The maximum Gasteiger partial charge on any atom is 0.241 e. The van der Waals surface area contributed by atoms with Crippen molar-refractivity contribution in [3.8, 4) is 0 Å². The molecule has 0 saturated carbocycles. The van der Waals surface area contributed by atoms with Gasteiger partial charge in [-0.2, -0.15) is 0 Å². The predicted molar refractivity (Wildman–Crippen MR) is 149 cm³/mol. The van der Waals surface area contributed by atoms with Gasteiger partial charge < -0.3 is 4.90 Å². The standard InChI is InChI=1S/C31H31N3O3S/c1-23-7-5-11-28(19-23)38(36,37)33-30-16-14-26-13-15-27(20-29(26)30)34(22-25-10-6-18-32-21-25)31(35)17-12-24-8-3-2-4-9-24/h2-11,13,15,18-21,30,33H,12,14,16-17,22H2,1H3. The van der Waals surface area contributed by atoms with Crippen LogP contribution in [0, 0.1) is 6.92 Å². The van der Waals surface area contributed by atoms with Crippen molar-refractivity contribution in [3.05, 3.63) is 125 Å². The smallest absolute Gasteiger partial charge is 0.241 e. The number of amides is 1. The Morgan fingerprint density at radius 3 is 2.55 bits per heavy atom. The van der Waals surface area contributed by atoms with Crippen molar-refractivity contribution >= 4 is 21.6 Å². The molecule has 1 N–H and O–H groups in total. The van der Waals surface area contributed by atoms with Gasteiger partial charge in [0.1, 0.15) is 0 Å². The SMILES string of the molecule is Cc1cccc(S(=O)(=O)NC2CCc3ccc(N(Cc4cccnc4)C(=O)CCc4ccccc4)cc32)c1. The lowest BCUT2D eigenvalue weighted by atomic mass is 10.1. The van der Waals surface area contributed by atoms with Crippen molar-refractivity contribution in [2.45, 2.75) is 50.1 Å². The number of nitrogens with zero attached hydrogens (tertiary/aromatic N) is 2. The van der Waals surface area contributed by atoms with E-state index in [4.69, 9.17) is 0 Å². The highest BCUT2D eigenvalue weighted by Crippen LogP contribution is 2.36. The Hall–Kier alpha value is -3.81. The van der Waals surface area contributed by atoms with Crippen molar-refractivity contribution in [1.29, 1.82) is 0 Å². The summed E-state index contributed by atoms with van der Waals surface area (Å²) in [5, 5.41) is 0. The summed E-state index contributed by atoms with van der Waals surface area (Å²) in [4.78, 5) is 19.8. The second kappa shape index (κ2) is 11.3. The number of pyridine rings is 1. The molecule has 38 heavy (non-hydrogen) atoms. The number of benzene rings is 3. The van der Waals surface area contributed by atoms with Crippen LogP contribution in [-0.2, 0) is 34.2 Å². The number of carbonyl (C=O) groups excluding carboxylic acids is 1. The number of hydrogen-bond donors (Lipinski definition) is 1. The van der Waals surface area contributed by atoms with E-state index in [1.807, 2.05) is 73.7 Å². The van der Waals surface area contributed by atoms with E-state index in [1.54, 1.807) is 35.5 Å². The molecule has 194 valence electrons. The molecule has 0 radical (unpaired) electrons. The fraction of sp³-hybridized carbons (Fsp3) is 0.226. The van der Waals surface area contributed by atoms with Crippen LogP contribution in [0.4, 0.5) is 5.69 Å². The summed E-state index contributed by atoms with van der Waals surface area (Å²) in [6.45, 7) is 2.27. The number of hydrogen-bond acceptors (Lipinski definition) is 4. The van der Waals surface area contributed by atoms with E-state index < -0.39 is 10.0 Å². The molecule has 7 heteroatoms. The quantitative estimate of drug-likeness (QED) is 0.312. The van der Waals surface area contributed by atoms with Gasteiger partial charge in [0, 0.05) is 30.5 Å². The van der Waals surface area contributed by atoms with E-state index in [-0.39, 0.29) is 16.8 Å². The Bertz CT molecular complexity index is 1520. The second-order valence-corrected chi connectivity index (χ2v) is 11.5. The number of fused-ring (bicyclic) bond motifs is 1. The summed E-state index contributed by atoms with van der Waals surface area (Å²) in [5.74, 6) is 0.00699. The zero-order chi connectivity index (χ0) is 26.5. The monoisotopic (exact) mass is 525 g/mol. The van der Waals surface area contributed by atoms with Crippen LogP contribution < -0.4 is 9.62 Å². The van der Waals surface area contributed by atoms with Gasteiger partial charge in [-0.05, 0) is 84.3 Å². The van der Waals surface area contributed by atoms with Gasteiger partial charge in [0.2, 0.25) is 15.9 Å². The first kappa shape index (κ1) is 25.8. The zero-order valence-electron chi connectivity index (χ0n) is 21.4. The molecule has 4 aromatic rings. The van der Waals surface area contributed by atoms with E-state index in [2.05, 4.69) is 9.71 Å². The van der Waals surface area contributed by atoms with Gasteiger partial charge in [0.25, 0.3) is 0 Å². The van der Waals surface area contributed by atoms with Crippen molar-refractivity contribution < 1.29 is 13.2 Å². The van der Waals surface area contributed by atoms with Gasteiger partial charge in [-0.25, -0.2) is 13.1 Å².